The van der Waals surface area contributed by atoms with Crippen LogP contribution in [-0.2, 0) is 11.2 Å². The number of hydrogen-bond acceptors (Lipinski definition) is 2. The fourth-order valence-electron chi connectivity index (χ4n) is 3.12. The van der Waals surface area contributed by atoms with Crippen LogP contribution in [-0.4, -0.2) is 19.2 Å². The summed E-state index contributed by atoms with van der Waals surface area (Å²) in [5, 5.41) is 0. The zero-order valence-electron chi connectivity index (χ0n) is 10.4. The minimum atomic E-state index is -0.212. The lowest BCUT2D eigenvalue weighted by Crippen LogP contribution is -2.30. The summed E-state index contributed by atoms with van der Waals surface area (Å²) in [6, 6.07) is 4.08. The van der Waals surface area contributed by atoms with E-state index < -0.39 is 0 Å². The summed E-state index contributed by atoms with van der Waals surface area (Å²) in [7, 11) is 0. The maximum atomic E-state index is 12.0. The van der Waals surface area contributed by atoms with Crippen LogP contribution in [0.2, 0.25) is 0 Å². The van der Waals surface area contributed by atoms with E-state index in [1.54, 1.807) is 4.90 Å². The number of benzene rings is 1. The van der Waals surface area contributed by atoms with Crippen LogP contribution in [0, 0.1) is 0 Å². The topological polar surface area (TPSA) is 29.5 Å². The molecule has 18 heavy (non-hydrogen) atoms. The quantitative estimate of drug-likeness (QED) is 0.788. The van der Waals surface area contributed by atoms with Gasteiger partial charge in [-0.2, -0.15) is 0 Å². The van der Waals surface area contributed by atoms with Crippen LogP contribution >= 0.6 is 15.9 Å². The Bertz CT molecular complexity index is 501. The molecule has 1 aromatic rings. The standard InChI is InChI=1S/C14H16BrNO2/c1-2-18-14(17)16-8-9-4-3-5-10-11(15)6-7-12(16)13(9)10/h6-7,9H,2-5,8H2,1H3. The highest BCUT2D eigenvalue weighted by Gasteiger charge is 2.37. The molecule has 0 fully saturated rings. The van der Waals surface area contributed by atoms with Crippen LogP contribution in [0.25, 0.3) is 0 Å². The Balaban J connectivity index is 2.04. The van der Waals surface area contributed by atoms with Gasteiger partial charge in [0.1, 0.15) is 0 Å². The average Bonchev–Trinajstić information content (AvgIpc) is 2.74. The normalized spacial score (nSPS) is 20.8. The van der Waals surface area contributed by atoms with E-state index in [0.29, 0.717) is 12.5 Å². The summed E-state index contributed by atoms with van der Waals surface area (Å²) in [4.78, 5) is 13.8. The fourth-order valence-corrected chi connectivity index (χ4v) is 3.66. The van der Waals surface area contributed by atoms with E-state index in [4.69, 9.17) is 4.74 Å². The van der Waals surface area contributed by atoms with Crippen molar-refractivity contribution in [2.75, 3.05) is 18.1 Å². The van der Waals surface area contributed by atoms with Gasteiger partial charge in [-0.25, -0.2) is 4.79 Å². The van der Waals surface area contributed by atoms with Gasteiger partial charge in [-0.15, -0.1) is 0 Å². The Morgan fingerprint density at radius 3 is 3.17 bits per heavy atom. The monoisotopic (exact) mass is 309 g/mol. The van der Waals surface area contributed by atoms with Crippen LogP contribution in [0.15, 0.2) is 16.6 Å². The van der Waals surface area contributed by atoms with Crippen LogP contribution in [0.5, 0.6) is 0 Å². The number of hydrogen-bond donors (Lipinski definition) is 0. The predicted molar refractivity (Wildman–Crippen MR) is 74.2 cm³/mol. The summed E-state index contributed by atoms with van der Waals surface area (Å²) in [6.07, 6.45) is 3.27. The van der Waals surface area contributed by atoms with Crippen molar-refractivity contribution in [3.63, 3.8) is 0 Å². The number of halogens is 1. The second-order valence-corrected chi connectivity index (χ2v) is 5.71. The molecule has 1 unspecified atom stereocenters. The lowest BCUT2D eigenvalue weighted by molar-refractivity contribution is 0.160. The lowest BCUT2D eigenvalue weighted by atomic mass is 9.84. The van der Waals surface area contributed by atoms with Crippen molar-refractivity contribution in [3.05, 3.63) is 27.7 Å². The molecular formula is C14H16BrNO2. The molecule has 96 valence electrons. The molecule has 3 nitrogen and oxygen atoms in total. The van der Waals surface area contributed by atoms with Crippen LogP contribution < -0.4 is 4.90 Å². The van der Waals surface area contributed by atoms with Gasteiger partial charge in [0.15, 0.2) is 0 Å². The molecule has 1 aromatic carbocycles. The highest BCUT2D eigenvalue weighted by molar-refractivity contribution is 9.10. The number of amides is 1. The molecule has 1 aliphatic carbocycles. The zero-order chi connectivity index (χ0) is 12.7. The third-order valence-electron chi connectivity index (χ3n) is 3.85. The third kappa shape index (κ3) is 1.74. The summed E-state index contributed by atoms with van der Waals surface area (Å²) in [5.41, 5.74) is 3.80. The molecule has 0 aromatic heterocycles. The Labute approximate surface area is 115 Å². The molecule has 0 saturated carbocycles. The van der Waals surface area contributed by atoms with E-state index >= 15 is 0 Å². The fraction of sp³-hybridized carbons (Fsp3) is 0.500. The van der Waals surface area contributed by atoms with E-state index in [2.05, 4.69) is 15.9 Å². The maximum Gasteiger partial charge on any atom is 0.414 e. The van der Waals surface area contributed by atoms with Gasteiger partial charge in [0.25, 0.3) is 0 Å². The van der Waals surface area contributed by atoms with Crippen molar-refractivity contribution in [1.29, 1.82) is 0 Å². The van der Waals surface area contributed by atoms with Crippen molar-refractivity contribution in [2.24, 2.45) is 0 Å². The maximum absolute atomic E-state index is 12.0. The molecule has 3 rings (SSSR count). The van der Waals surface area contributed by atoms with Crippen LogP contribution in [0.1, 0.15) is 36.8 Å². The van der Waals surface area contributed by atoms with Crippen LogP contribution in [0.4, 0.5) is 10.5 Å². The van der Waals surface area contributed by atoms with Crippen molar-refractivity contribution in [1.82, 2.24) is 0 Å². The Morgan fingerprint density at radius 1 is 1.56 bits per heavy atom. The van der Waals surface area contributed by atoms with Gasteiger partial charge in [-0.3, -0.25) is 4.90 Å². The number of ether oxygens (including phenoxy) is 1. The number of anilines is 1. The van der Waals surface area contributed by atoms with Gasteiger partial charge >= 0.3 is 6.09 Å². The minimum absolute atomic E-state index is 0.212. The second-order valence-electron chi connectivity index (χ2n) is 4.86. The molecule has 1 aliphatic heterocycles. The van der Waals surface area contributed by atoms with Crippen LogP contribution in [0.3, 0.4) is 0 Å². The van der Waals surface area contributed by atoms with Gasteiger partial charge < -0.3 is 4.74 Å². The first-order valence-electron chi connectivity index (χ1n) is 6.48. The molecule has 1 heterocycles. The third-order valence-corrected chi connectivity index (χ3v) is 4.59. The molecule has 0 bridgehead atoms. The zero-order valence-corrected chi connectivity index (χ0v) is 12.0. The van der Waals surface area contributed by atoms with Crippen molar-refractivity contribution < 1.29 is 9.53 Å². The van der Waals surface area contributed by atoms with Crippen molar-refractivity contribution in [3.8, 4) is 0 Å². The highest BCUT2D eigenvalue weighted by Crippen LogP contribution is 2.46. The van der Waals surface area contributed by atoms with Gasteiger partial charge in [0.2, 0.25) is 0 Å². The lowest BCUT2D eigenvalue weighted by Gasteiger charge is -2.21. The predicted octanol–water partition coefficient (Wildman–Crippen LogP) is 3.85. The summed E-state index contributed by atoms with van der Waals surface area (Å²) in [5.74, 6) is 0.491. The second kappa shape index (κ2) is 4.57. The first kappa shape index (κ1) is 12.0. The summed E-state index contributed by atoms with van der Waals surface area (Å²) >= 11 is 3.62. The van der Waals surface area contributed by atoms with Crippen molar-refractivity contribution in [2.45, 2.75) is 32.1 Å². The van der Waals surface area contributed by atoms with E-state index in [0.717, 1.165) is 18.7 Å². The molecule has 1 atom stereocenters. The van der Waals surface area contributed by atoms with E-state index in [-0.39, 0.29) is 6.09 Å². The first-order chi connectivity index (χ1) is 8.72. The SMILES string of the molecule is CCOC(=O)N1CC2CCCc3c(Br)ccc1c32. The Kier molecular flexibility index (Phi) is 3.06. The highest BCUT2D eigenvalue weighted by atomic mass is 79.9. The van der Waals surface area contributed by atoms with Gasteiger partial charge in [-0.1, -0.05) is 15.9 Å². The summed E-state index contributed by atoms with van der Waals surface area (Å²) in [6.45, 7) is 3.05. The number of carbonyl (C=O) groups is 1. The molecule has 0 radical (unpaired) electrons. The average molecular weight is 310 g/mol. The first-order valence-corrected chi connectivity index (χ1v) is 7.27. The largest absolute Gasteiger partial charge is 0.449 e. The number of rotatable bonds is 1. The number of nitrogens with zero attached hydrogens (tertiary/aromatic N) is 1. The van der Waals surface area contributed by atoms with E-state index in [9.17, 15) is 4.79 Å². The van der Waals surface area contributed by atoms with Gasteiger partial charge in [0, 0.05) is 16.9 Å². The Morgan fingerprint density at radius 2 is 2.39 bits per heavy atom. The smallest absolute Gasteiger partial charge is 0.414 e. The minimum Gasteiger partial charge on any atom is -0.449 e. The number of carbonyl (C=O) groups excluding carboxylic acids is 1. The molecule has 0 spiro atoms. The Hall–Kier alpha value is -1.03. The molecule has 1 amide bonds. The molecular weight excluding hydrogens is 294 g/mol. The molecule has 4 heteroatoms. The molecule has 2 aliphatic rings. The summed E-state index contributed by atoms with van der Waals surface area (Å²) < 4.78 is 6.32. The molecule has 0 N–H and O–H groups in total. The van der Waals surface area contributed by atoms with E-state index in [1.165, 1.54) is 28.4 Å². The molecule has 0 saturated heterocycles. The van der Waals surface area contributed by atoms with Crippen molar-refractivity contribution >= 4 is 27.7 Å². The van der Waals surface area contributed by atoms with E-state index in [1.807, 2.05) is 19.1 Å². The van der Waals surface area contributed by atoms with Gasteiger partial charge in [-0.05, 0) is 49.4 Å². The van der Waals surface area contributed by atoms with Gasteiger partial charge in [0.05, 0.1) is 12.3 Å².